The summed E-state index contributed by atoms with van der Waals surface area (Å²) in [4.78, 5) is 20.3. The van der Waals surface area contributed by atoms with E-state index in [1.165, 1.54) is 7.11 Å². The molecule has 0 saturated heterocycles. The molecule has 16 heavy (non-hydrogen) atoms. The maximum absolute atomic E-state index is 10.4. The van der Waals surface area contributed by atoms with Crippen LogP contribution in [-0.4, -0.2) is 36.9 Å². The van der Waals surface area contributed by atoms with Crippen molar-refractivity contribution in [2.24, 2.45) is 0 Å². The number of carboxylic acids is 1. The molecule has 0 aromatic rings. The second-order valence-corrected chi connectivity index (χ2v) is 3.06. The molecular formula is C11H19O5. The highest BCUT2D eigenvalue weighted by Gasteiger charge is 2.03. The Balaban J connectivity index is 0. The first-order chi connectivity index (χ1) is 7.34. The molecule has 5 heteroatoms. The van der Waals surface area contributed by atoms with Gasteiger partial charge in [-0.15, -0.1) is 0 Å². The predicted octanol–water partition coefficient (Wildman–Crippen LogP) is 1.44. The van der Waals surface area contributed by atoms with Crippen LogP contribution < -0.4 is 0 Å². The zero-order valence-corrected chi connectivity index (χ0v) is 9.99. The van der Waals surface area contributed by atoms with Gasteiger partial charge in [0.15, 0.2) is 0 Å². The van der Waals surface area contributed by atoms with E-state index in [2.05, 4.69) is 23.0 Å². The molecule has 0 aromatic carbocycles. The van der Waals surface area contributed by atoms with Crippen LogP contribution in [-0.2, 0) is 19.1 Å². The zero-order chi connectivity index (χ0) is 13.1. The molecule has 1 N–H and O–H groups in total. The molecule has 0 aliphatic heterocycles. The molecule has 0 rings (SSSR count). The van der Waals surface area contributed by atoms with Crippen LogP contribution in [0, 0.1) is 6.92 Å². The first-order valence-electron chi connectivity index (χ1n) is 4.71. The van der Waals surface area contributed by atoms with Crippen molar-refractivity contribution in [2.45, 2.75) is 26.4 Å². The third-order valence-electron chi connectivity index (χ3n) is 1.45. The first-order valence-corrected chi connectivity index (χ1v) is 4.71. The van der Waals surface area contributed by atoms with E-state index in [-0.39, 0.29) is 25.1 Å². The van der Waals surface area contributed by atoms with Crippen LogP contribution in [0.15, 0.2) is 12.2 Å². The van der Waals surface area contributed by atoms with Gasteiger partial charge in [0.05, 0.1) is 19.1 Å². The van der Waals surface area contributed by atoms with Crippen molar-refractivity contribution >= 4 is 11.9 Å². The minimum absolute atomic E-state index is 0.0799. The van der Waals surface area contributed by atoms with Gasteiger partial charge < -0.3 is 14.6 Å². The van der Waals surface area contributed by atoms with Gasteiger partial charge in [-0.1, -0.05) is 6.58 Å². The quantitative estimate of drug-likeness (QED) is 0.572. The van der Waals surface area contributed by atoms with Crippen molar-refractivity contribution in [3.8, 4) is 0 Å². The summed E-state index contributed by atoms with van der Waals surface area (Å²) in [5.41, 5.74) is 0.411. The Bertz CT molecular complexity index is 235. The summed E-state index contributed by atoms with van der Waals surface area (Å²) in [5.74, 6) is -1.20. The molecule has 0 saturated carbocycles. The standard InChI is InChI=1S/C6H9O2.C5H10O3/c1-4-8-6(7)5(2)3;1-4(8-2)3-5(6)7/h1-2,4H2,3H3;4H,3H2,1-2H3,(H,6,7). The largest absolute Gasteiger partial charge is 0.481 e. The van der Waals surface area contributed by atoms with E-state index in [4.69, 9.17) is 5.11 Å². The lowest BCUT2D eigenvalue weighted by Crippen LogP contribution is -2.10. The van der Waals surface area contributed by atoms with Gasteiger partial charge in [0, 0.05) is 12.7 Å². The van der Waals surface area contributed by atoms with Gasteiger partial charge in [-0.05, 0) is 20.8 Å². The highest BCUT2D eigenvalue weighted by atomic mass is 16.5. The first kappa shape index (κ1) is 17.0. The maximum atomic E-state index is 10.4. The van der Waals surface area contributed by atoms with Crippen LogP contribution >= 0.6 is 0 Å². The number of hydrogen-bond acceptors (Lipinski definition) is 4. The van der Waals surface area contributed by atoms with Crippen molar-refractivity contribution in [3.05, 3.63) is 19.1 Å². The number of rotatable bonds is 5. The Hall–Kier alpha value is -1.36. The van der Waals surface area contributed by atoms with Crippen molar-refractivity contribution in [1.29, 1.82) is 0 Å². The molecule has 0 aromatic heterocycles. The van der Waals surface area contributed by atoms with E-state index in [9.17, 15) is 9.59 Å². The SMILES string of the molecule is COC(C)CC(=O)O.[CH2]COC(=O)C(=C)C. The Kier molecular flexibility index (Phi) is 10.8. The normalized spacial score (nSPS) is 10.8. The molecule has 0 fully saturated rings. The fourth-order valence-corrected chi connectivity index (χ4v) is 0.545. The van der Waals surface area contributed by atoms with Gasteiger partial charge in [0.2, 0.25) is 0 Å². The van der Waals surface area contributed by atoms with E-state index in [0.717, 1.165) is 0 Å². The van der Waals surface area contributed by atoms with Crippen molar-refractivity contribution in [2.75, 3.05) is 13.7 Å². The molecule has 0 aliphatic carbocycles. The monoisotopic (exact) mass is 231 g/mol. The molecule has 1 atom stereocenters. The molecular weight excluding hydrogens is 212 g/mol. The summed E-state index contributed by atoms with van der Waals surface area (Å²) < 4.78 is 9.13. The molecule has 1 radical (unpaired) electrons. The van der Waals surface area contributed by atoms with E-state index in [1.807, 2.05) is 0 Å². The van der Waals surface area contributed by atoms with Gasteiger partial charge >= 0.3 is 11.9 Å². The Labute approximate surface area is 96.0 Å². The molecule has 1 unspecified atom stereocenters. The van der Waals surface area contributed by atoms with E-state index >= 15 is 0 Å². The fraction of sp³-hybridized carbons (Fsp3) is 0.545. The zero-order valence-electron chi connectivity index (χ0n) is 9.99. The predicted molar refractivity (Wildman–Crippen MR) is 59.9 cm³/mol. The minimum atomic E-state index is -0.820. The van der Waals surface area contributed by atoms with Gasteiger partial charge in [0.1, 0.15) is 0 Å². The molecule has 0 amide bonds. The average Bonchev–Trinajstić information content (AvgIpc) is 2.18. The van der Waals surface area contributed by atoms with Crippen molar-refractivity contribution < 1.29 is 24.2 Å². The summed E-state index contributed by atoms with van der Waals surface area (Å²) in [7, 11) is 1.49. The lowest BCUT2D eigenvalue weighted by atomic mass is 10.3. The molecule has 0 heterocycles. The number of carbonyl (C=O) groups excluding carboxylic acids is 1. The third-order valence-corrected chi connectivity index (χ3v) is 1.45. The van der Waals surface area contributed by atoms with E-state index < -0.39 is 5.97 Å². The lowest BCUT2D eigenvalue weighted by Gasteiger charge is -2.02. The summed E-state index contributed by atoms with van der Waals surface area (Å²) in [5, 5.41) is 8.14. The van der Waals surface area contributed by atoms with Gasteiger partial charge in [-0.2, -0.15) is 0 Å². The van der Waals surface area contributed by atoms with Crippen LogP contribution in [0.2, 0.25) is 0 Å². The second-order valence-electron chi connectivity index (χ2n) is 3.06. The van der Waals surface area contributed by atoms with Crippen molar-refractivity contribution in [1.82, 2.24) is 0 Å². The number of ether oxygens (including phenoxy) is 2. The maximum Gasteiger partial charge on any atom is 0.333 e. The Morgan fingerprint density at radius 2 is 1.94 bits per heavy atom. The lowest BCUT2D eigenvalue weighted by molar-refractivity contribution is -0.139. The topological polar surface area (TPSA) is 72.8 Å². The summed E-state index contributed by atoms with van der Waals surface area (Å²) in [6, 6.07) is 0. The fourth-order valence-electron chi connectivity index (χ4n) is 0.545. The number of methoxy groups -OCH3 is 1. The molecule has 0 spiro atoms. The van der Waals surface area contributed by atoms with Crippen LogP contribution in [0.4, 0.5) is 0 Å². The minimum Gasteiger partial charge on any atom is -0.481 e. The molecule has 0 bridgehead atoms. The van der Waals surface area contributed by atoms with Gasteiger partial charge in [0.25, 0.3) is 0 Å². The summed E-state index contributed by atoms with van der Waals surface area (Å²) >= 11 is 0. The summed E-state index contributed by atoms with van der Waals surface area (Å²) in [6.07, 6.45) is -0.0938. The van der Waals surface area contributed by atoms with Crippen LogP contribution in [0.25, 0.3) is 0 Å². The van der Waals surface area contributed by atoms with Crippen LogP contribution in [0.5, 0.6) is 0 Å². The van der Waals surface area contributed by atoms with Gasteiger partial charge in [-0.3, -0.25) is 4.79 Å². The van der Waals surface area contributed by atoms with Gasteiger partial charge in [-0.25, -0.2) is 4.79 Å². The number of aliphatic carboxylic acids is 1. The van der Waals surface area contributed by atoms with E-state index in [1.54, 1.807) is 13.8 Å². The van der Waals surface area contributed by atoms with E-state index in [0.29, 0.717) is 5.57 Å². The number of esters is 1. The van der Waals surface area contributed by atoms with Crippen LogP contribution in [0.3, 0.4) is 0 Å². The number of hydrogen-bond donors (Lipinski definition) is 1. The molecule has 93 valence electrons. The third kappa shape index (κ3) is 12.6. The summed E-state index contributed by atoms with van der Waals surface area (Å²) in [6.45, 7) is 10.2. The molecule has 5 nitrogen and oxygen atoms in total. The number of carboxylic acid groups (broad SMARTS) is 1. The molecule has 0 aliphatic rings. The Morgan fingerprint density at radius 1 is 1.44 bits per heavy atom. The van der Waals surface area contributed by atoms with Crippen molar-refractivity contribution in [3.63, 3.8) is 0 Å². The highest BCUT2D eigenvalue weighted by Crippen LogP contribution is 1.92. The van der Waals surface area contributed by atoms with Crippen LogP contribution in [0.1, 0.15) is 20.3 Å². The highest BCUT2D eigenvalue weighted by molar-refractivity contribution is 5.86. The second kappa shape index (κ2) is 10.2. The number of carbonyl (C=O) groups is 2. The Morgan fingerprint density at radius 3 is 2.06 bits per heavy atom. The smallest absolute Gasteiger partial charge is 0.333 e. The average molecular weight is 231 g/mol.